The van der Waals surface area contributed by atoms with E-state index in [1.165, 1.54) is 40.3 Å². The highest BCUT2D eigenvalue weighted by molar-refractivity contribution is 7.93. The van der Waals surface area contributed by atoms with E-state index in [2.05, 4.69) is 10.4 Å². The summed E-state index contributed by atoms with van der Waals surface area (Å²) in [5, 5.41) is 6.81. The number of carbonyl (C=O) groups excluding carboxylic acids is 1. The molecule has 1 amide bonds. The first-order valence-electron chi connectivity index (χ1n) is 11.0. The van der Waals surface area contributed by atoms with Crippen LogP contribution in [0.2, 0.25) is 10.2 Å². The Balaban J connectivity index is 1.76. The van der Waals surface area contributed by atoms with E-state index in [1.807, 2.05) is 6.92 Å². The number of sulfonamides is 1. The number of aromatic nitrogens is 2. The molecule has 12 heteroatoms. The summed E-state index contributed by atoms with van der Waals surface area (Å²) in [6, 6.07) is 9.34. The van der Waals surface area contributed by atoms with Crippen LogP contribution in [0.5, 0.6) is 5.75 Å². The second kappa shape index (κ2) is 10.5. The van der Waals surface area contributed by atoms with Crippen LogP contribution in [0.15, 0.2) is 47.5 Å². The number of amides is 1. The molecule has 0 bridgehead atoms. The summed E-state index contributed by atoms with van der Waals surface area (Å²) in [6.07, 6.45) is 3.87. The van der Waals surface area contributed by atoms with Gasteiger partial charge in [-0.1, -0.05) is 41.4 Å². The summed E-state index contributed by atoms with van der Waals surface area (Å²) >= 11 is 12.3. The average molecular weight is 553 g/mol. The van der Waals surface area contributed by atoms with Crippen molar-refractivity contribution in [2.24, 2.45) is 0 Å². The van der Waals surface area contributed by atoms with Crippen molar-refractivity contribution >= 4 is 57.0 Å². The molecule has 3 aromatic rings. The van der Waals surface area contributed by atoms with Crippen molar-refractivity contribution in [1.29, 1.82) is 0 Å². The number of nitrogens with zero attached hydrogens (tertiary/aromatic N) is 3. The number of fused-ring (bicyclic) bond motifs is 1. The third kappa shape index (κ3) is 5.35. The molecule has 1 aromatic heterocycles. The predicted molar refractivity (Wildman–Crippen MR) is 137 cm³/mol. The molecular weight excluding hydrogens is 530 g/mol. The van der Waals surface area contributed by atoms with Crippen LogP contribution in [0.1, 0.15) is 25.0 Å². The van der Waals surface area contributed by atoms with Crippen molar-refractivity contribution in [3.8, 4) is 5.75 Å². The molecule has 1 aliphatic rings. The minimum atomic E-state index is -4.14. The molecule has 8 nitrogen and oxygen atoms in total. The SMILES string of the molecule is CCn1cc(S(=O)(=O)N2CC(CNC(C)=O)Oc3ccc(C=Cc4c(F)cccc4Cl)cc32)c(Cl)n1. The molecule has 4 rings (SSSR count). The molecule has 190 valence electrons. The van der Waals surface area contributed by atoms with Gasteiger partial charge in [0.05, 0.1) is 23.8 Å². The molecule has 2 heterocycles. The molecule has 1 unspecified atom stereocenters. The Morgan fingerprint density at radius 1 is 1.28 bits per heavy atom. The van der Waals surface area contributed by atoms with Gasteiger partial charge in [0.15, 0.2) is 5.15 Å². The van der Waals surface area contributed by atoms with Gasteiger partial charge in [0.1, 0.15) is 22.6 Å². The van der Waals surface area contributed by atoms with Gasteiger partial charge in [-0.2, -0.15) is 5.10 Å². The number of rotatable bonds is 7. The van der Waals surface area contributed by atoms with Crippen LogP contribution in [0.3, 0.4) is 0 Å². The first-order valence-corrected chi connectivity index (χ1v) is 13.2. The van der Waals surface area contributed by atoms with Crippen LogP contribution in [0.4, 0.5) is 10.1 Å². The van der Waals surface area contributed by atoms with E-state index in [0.717, 1.165) is 0 Å². The molecular formula is C24H23Cl2FN4O4S. The van der Waals surface area contributed by atoms with Gasteiger partial charge in [-0.3, -0.25) is 13.8 Å². The molecule has 0 radical (unpaired) electrons. The van der Waals surface area contributed by atoms with Crippen LogP contribution in [0, 0.1) is 5.82 Å². The van der Waals surface area contributed by atoms with Crippen LogP contribution in [0.25, 0.3) is 12.2 Å². The summed E-state index contributed by atoms with van der Waals surface area (Å²) in [4.78, 5) is 11.3. The van der Waals surface area contributed by atoms with Crippen LogP contribution in [-0.2, 0) is 21.4 Å². The molecule has 0 spiro atoms. The van der Waals surface area contributed by atoms with Crippen molar-refractivity contribution in [1.82, 2.24) is 15.1 Å². The number of hydrogen-bond acceptors (Lipinski definition) is 5. The fraction of sp³-hybridized carbons (Fsp3) is 0.250. The Hall–Kier alpha value is -3.08. The Labute approximate surface area is 218 Å². The number of nitrogens with one attached hydrogen (secondary N) is 1. The number of ether oxygens (including phenoxy) is 1. The van der Waals surface area contributed by atoms with Gasteiger partial charge in [-0.15, -0.1) is 0 Å². The molecule has 1 N–H and O–H groups in total. The van der Waals surface area contributed by atoms with Crippen molar-refractivity contribution in [2.75, 3.05) is 17.4 Å². The topological polar surface area (TPSA) is 93.5 Å². The number of benzene rings is 2. The van der Waals surface area contributed by atoms with Crippen molar-refractivity contribution < 1.29 is 22.3 Å². The minimum absolute atomic E-state index is 0.0739. The second-order valence-electron chi connectivity index (χ2n) is 8.05. The Kier molecular flexibility index (Phi) is 7.58. The molecule has 0 saturated heterocycles. The lowest BCUT2D eigenvalue weighted by atomic mass is 10.1. The number of anilines is 1. The standard InChI is InChI=1S/C24H23Cl2FN4O4S/c1-3-30-14-23(24(26)29-30)36(33,34)31-13-17(12-28-15(2)32)35-22-10-8-16(11-21(22)31)7-9-18-19(25)5-4-6-20(18)27/h4-11,14,17H,3,12-13H2,1-2H3,(H,28,32). The lowest BCUT2D eigenvalue weighted by Crippen LogP contribution is -2.48. The summed E-state index contributed by atoms with van der Waals surface area (Å²) in [7, 11) is -4.14. The first kappa shape index (κ1) is 26.0. The summed E-state index contributed by atoms with van der Waals surface area (Å²) in [6.45, 7) is 3.65. The minimum Gasteiger partial charge on any atom is -0.484 e. The van der Waals surface area contributed by atoms with Gasteiger partial charge in [0, 0.05) is 25.2 Å². The second-order valence-corrected chi connectivity index (χ2v) is 10.6. The van der Waals surface area contributed by atoms with Crippen LogP contribution < -0.4 is 14.4 Å². The highest BCUT2D eigenvalue weighted by atomic mass is 35.5. The Bertz CT molecular complexity index is 1420. The van der Waals surface area contributed by atoms with E-state index in [1.54, 1.807) is 30.3 Å². The van der Waals surface area contributed by atoms with E-state index in [4.69, 9.17) is 27.9 Å². The molecule has 0 aliphatic carbocycles. The largest absolute Gasteiger partial charge is 0.484 e. The predicted octanol–water partition coefficient (Wildman–Crippen LogP) is 4.61. The highest BCUT2D eigenvalue weighted by Crippen LogP contribution is 2.39. The maximum absolute atomic E-state index is 14.2. The Morgan fingerprint density at radius 3 is 2.72 bits per heavy atom. The zero-order valence-electron chi connectivity index (χ0n) is 19.4. The molecule has 36 heavy (non-hydrogen) atoms. The smallest absolute Gasteiger partial charge is 0.269 e. The number of aryl methyl sites for hydroxylation is 1. The molecule has 1 atom stereocenters. The van der Waals surface area contributed by atoms with E-state index >= 15 is 0 Å². The van der Waals surface area contributed by atoms with Crippen molar-refractivity contribution in [2.45, 2.75) is 31.4 Å². The van der Waals surface area contributed by atoms with Crippen LogP contribution in [-0.4, -0.2) is 43.3 Å². The highest BCUT2D eigenvalue weighted by Gasteiger charge is 2.37. The van der Waals surface area contributed by atoms with E-state index in [0.29, 0.717) is 17.9 Å². The molecule has 1 aliphatic heterocycles. The fourth-order valence-electron chi connectivity index (χ4n) is 3.71. The summed E-state index contributed by atoms with van der Waals surface area (Å²) in [5.74, 6) is -0.439. The first-order chi connectivity index (χ1) is 17.1. The number of hydrogen-bond donors (Lipinski definition) is 1. The van der Waals surface area contributed by atoms with Gasteiger partial charge in [0.25, 0.3) is 10.0 Å². The zero-order valence-corrected chi connectivity index (χ0v) is 21.7. The average Bonchev–Trinajstić information content (AvgIpc) is 3.23. The van der Waals surface area contributed by atoms with E-state index < -0.39 is 21.9 Å². The normalized spacial score (nSPS) is 15.6. The monoisotopic (exact) mass is 552 g/mol. The summed E-state index contributed by atoms with van der Waals surface area (Å²) < 4.78 is 50.2. The third-order valence-corrected chi connectivity index (χ3v) is 8.01. The maximum atomic E-state index is 14.2. The molecule has 0 fully saturated rings. The van der Waals surface area contributed by atoms with E-state index in [9.17, 15) is 17.6 Å². The lowest BCUT2D eigenvalue weighted by molar-refractivity contribution is -0.119. The third-order valence-electron chi connectivity index (χ3n) is 5.51. The van der Waals surface area contributed by atoms with Crippen molar-refractivity contribution in [3.05, 3.63) is 69.7 Å². The quantitative estimate of drug-likeness (QED) is 0.432. The van der Waals surface area contributed by atoms with Gasteiger partial charge in [0.2, 0.25) is 5.91 Å². The molecule has 0 saturated carbocycles. The number of halogens is 3. The van der Waals surface area contributed by atoms with Gasteiger partial charge >= 0.3 is 0 Å². The molecule has 2 aromatic carbocycles. The zero-order chi connectivity index (χ0) is 26.0. The van der Waals surface area contributed by atoms with E-state index in [-0.39, 0.29) is 45.3 Å². The maximum Gasteiger partial charge on any atom is 0.269 e. The summed E-state index contributed by atoms with van der Waals surface area (Å²) in [5.41, 5.74) is 1.08. The Morgan fingerprint density at radius 2 is 2.06 bits per heavy atom. The van der Waals surface area contributed by atoms with Gasteiger partial charge in [-0.25, -0.2) is 12.8 Å². The number of carbonyl (C=O) groups is 1. The van der Waals surface area contributed by atoms with Crippen LogP contribution >= 0.6 is 23.2 Å². The van der Waals surface area contributed by atoms with Gasteiger partial charge in [-0.05, 0) is 42.8 Å². The van der Waals surface area contributed by atoms with Crippen molar-refractivity contribution in [3.63, 3.8) is 0 Å². The lowest BCUT2D eigenvalue weighted by Gasteiger charge is -2.35. The fourth-order valence-corrected chi connectivity index (χ4v) is 5.88. The van der Waals surface area contributed by atoms with Gasteiger partial charge < -0.3 is 10.1 Å².